The molecule has 0 spiro atoms. The lowest BCUT2D eigenvalue weighted by atomic mass is 9.92. The van der Waals surface area contributed by atoms with Crippen LogP contribution in [0, 0.1) is 0 Å². The fourth-order valence-electron chi connectivity index (χ4n) is 5.06. The highest BCUT2D eigenvalue weighted by Crippen LogP contribution is 2.44. The van der Waals surface area contributed by atoms with Crippen molar-refractivity contribution in [3.8, 4) is 0 Å². The lowest BCUT2D eigenvalue weighted by Crippen LogP contribution is -2.42. The maximum Gasteiger partial charge on any atom is 0.260 e. The number of carbonyl (C=O) groups is 1. The van der Waals surface area contributed by atoms with Crippen molar-refractivity contribution in [1.29, 1.82) is 0 Å². The van der Waals surface area contributed by atoms with E-state index in [0.29, 0.717) is 41.9 Å². The monoisotopic (exact) mass is 640 g/mol. The molecule has 0 bridgehead atoms. The number of morpholine rings is 1. The highest BCUT2D eigenvalue weighted by Gasteiger charge is 2.51. The van der Waals surface area contributed by atoms with E-state index in [1.54, 1.807) is 29.7 Å². The van der Waals surface area contributed by atoms with E-state index in [0.717, 1.165) is 23.1 Å². The number of fused-ring (bicyclic) bond motifs is 1. The maximum absolute atomic E-state index is 14.1. The number of hydrogen-bond donors (Lipinski definition) is 0. The molecule has 0 aliphatic carbocycles. The lowest BCUT2D eigenvalue weighted by molar-refractivity contribution is -0.124. The van der Waals surface area contributed by atoms with Gasteiger partial charge >= 0.3 is 0 Å². The van der Waals surface area contributed by atoms with Gasteiger partial charge < -0.3 is 4.74 Å². The highest BCUT2D eigenvalue weighted by atomic mass is 79.9. The average Bonchev–Trinajstić information content (AvgIpc) is 3.39. The zero-order chi connectivity index (χ0) is 27.1. The summed E-state index contributed by atoms with van der Waals surface area (Å²) in [6, 6.07) is 12.4. The average molecular weight is 642 g/mol. The third-order valence-electron chi connectivity index (χ3n) is 6.95. The van der Waals surface area contributed by atoms with Gasteiger partial charge in [-0.15, -0.1) is 0 Å². The van der Waals surface area contributed by atoms with E-state index in [-0.39, 0.29) is 29.1 Å². The predicted octanol–water partition coefficient (Wildman–Crippen LogP) is 5.08. The molecule has 8 nitrogen and oxygen atoms in total. The van der Waals surface area contributed by atoms with E-state index in [9.17, 15) is 13.2 Å². The van der Waals surface area contributed by atoms with Crippen molar-refractivity contribution in [2.24, 2.45) is 0 Å². The second kappa shape index (κ2) is 10.9. The summed E-state index contributed by atoms with van der Waals surface area (Å²) < 4.78 is 35.2. The van der Waals surface area contributed by atoms with Crippen molar-refractivity contribution in [3.05, 3.63) is 68.7 Å². The number of sulfone groups is 1. The molecule has 2 aromatic carbocycles. The molecule has 1 fully saturated rings. The van der Waals surface area contributed by atoms with E-state index < -0.39 is 15.4 Å². The second-order valence-electron chi connectivity index (χ2n) is 9.70. The normalized spacial score (nSPS) is 20.2. The second-order valence-corrected chi connectivity index (χ2v) is 13.5. The van der Waals surface area contributed by atoms with Crippen LogP contribution in [0.2, 0.25) is 10.0 Å². The first-order valence-corrected chi connectivity index (χ1v) is 15.4. The number of amides is 1. The van der Waals surface area contributed by atoms with Gasteiger partial charge in [-0.05, 0) is 55.8 Å². The Bertz CT molecular complexity index is 1440. The molecule has 3 aromatic rings. The fourth-order valence-corrected chi connectivity index (χ4v) is 7.33. The number of ether oxygens (including phenoxy) is 1. The fraction of sp³-hybridized carbons (Fsp3) is 0.385. The molecule has 0 unspecified atom stereocenters. The van der Waals surface area contributed by atoms with Gasteiger partial charge in [-0.1, -0.05) is 51.3 Å². The SMILES string of the molecule is C[C@@]1(Cc2ccc(Br)cc2)C(=O)N(c2cc(Cl)cc(Cl)c2)c2ncc(S(=O)(=O)CCCN3CCOCC3)n21. The first kappa shape index (κ1) is 27.6. The van der Waals surface area contributed by atoms with Gasteiger partial charge in [-0.25, -0.2) is 18.3 Å². The Morgan fingerprint density at radius 2 is 1.74 bits per heavy atom. The van der Waals surface area contributed by atoms with Crippen molar-refractivity contribution in [3.63, 3.8) is 0 Å². The number of carbonyl (C=O) groups excluding carboxylic acids is 1. The van der Waals surface area contributed by atoms with E-state index in [1.807, 2.05) is 24.3 Å². The molecule has 1 atom stereocenters. The Morgan fingerprint density at radius 3 is 2.39 bits per heavy atom. The van der Waals surface area contributed by atoms with E-state index in [2.05, 4.69) is 25.8 Å². The number of hydrogen-bond acceptors (Lipinski definition) is 6. The smallest absolute Gasteiger partial charge is 0.260 e. The summed E-state index contributed by atoms with van der Waals surface area (Å²) in [5, 5.41) is 0.741. The van der Waals surface area contributed by atoms with Crippen LogP contribution in [0.5, 0.6) is 0 Å². The first-order valence-electron chi connectivity index (χ1n) is 12.2. The van der Waals surface area contributed by atoms with Crippen molar-refractivity contribution >= 4 is 66.5 Å². The lowest BCUT2D eigenvalue weighted by Gasteiger charge is -2.27. The minimum Gasteiger partial charge on any atom is -0.379 e. The van der Waals surface area contributed by atoms with E-state index in [4.69, 9.17) is 27.9 Å². The Labute approximate surface area is 240 Å². The van der Waals surface area contributed by atoms with Gasteiger partial charge in [-0.2, -0.15) is 0 Å². The topological polar surface area (TPSA) is 84.7 Å². The summed E-state index contributed by atoms with van der Waals surface area (Å²) in [7, 11) is -3.75. The van der Waals surface area contributed by atoms with Gasteiger partial charge in [-0.3, -0.25) is 14.3 Å². The molecule has 3 heterocycles. The predicted molar refractivity (Wildman–Crippen MR) is 151 cm³/mol. The first-order chi connectivity index (χ1) is 18.1. The van der Waals surface area contributed by atoms with E-state index >= 15 is 0 Å². The van der Waals surface area contributed by atoms with Crippen LogP contribution in [0.4, 0.5) is 11.6 Å². The molecule has 1 aromatic heterocycles. The molecule has 12 heteroatoms. The largest absolute Gasteiger partial charge is 0.379 e. The highest BCUT2D eigenvalue weighted by molar-refractivity contribution is 9.10. The standard InChI is InChI=1S/C26H27BrCl2N4O4S/c1-26(16-18-3-5-19(27)6-4-18)24(34)32(22-14-20(28)13-21(29)15-22)25-30-17-23(33(25)26)38(35,36)12-2-7-31-8-10-37-11-9-31/h3-6,13-15,17H,2,7-12,16H2,1H3/t26-/m1/s1. The Kier molecular flexibility index (Phi) is 7.92. The minimum atomic E-state index is -3.75. The molecular formula is C26H27BrCl2N4O4S. The van der Waals surface area contributed by atoms with Crippen LogP contribution >= 0.6 is 39.1 Å². The summed E-state index contributed by atoms with van der Waals surface area (Å²) in [5.41, 5.74) is 0.0571. The van der Waals surface area contributed by atoms with Crippen LogP contribution in [-0.4, -0.2) is 67.4 Å². The minimum absolute atomic E-state index is 0.0260. The summed E-state index contributed by atoms with van der Waals surface area (Å²) in [4.78, 5) is 22.1. The molecule has 2 aliphatic heterocycles. The molecule has 0 radical (unpaired) electrons. The Hall–Kier alpha value is -1.95. The van der Waals surface area contributed by atoms with Crippen LogP contribution in [0.25, 0.3) is 0 Å². The van der Waals surface area contributed by atoms with Crippen molar-refractivity contribution in [2.75, 3.05) is 43.5 Å². The molecule has 0 N–H and O–H groups in total. The molecule has 1 amide bonds. The molecule has 2 aliphatic rings. The van der Waals surface area contributed by atoms with Gasteiger partial charge in [0.1, 0.15) is 5.54 Å². The number of benzene rings is 2. The maximum atomic E-state index is 14.1. The van der Waals surface area contributed by atoms with Crippen molar-refractivity contribution in [2.45, 2.75) is 30.3 Å². The third-order valence-corrected chi connectivity index (χ3v) is 9.66. The number of imidazole rings is 1. The van der Waals surface area contributed by atoms with Gasteiger partial charge in [0.2, 0.25) is 5.95 Å². The van der Waals surface area contributed by atoms with Crippen LogP contribution in [0.15, 0.2) is 58.2 Å². The van der Waals surface area contributed by atoms with Gasteiger partial charge in [0, 0.05) is 34.0 Å². The summed E-state index contributed by atoms with van der Waals surface area (Å²) >= 11 is 16.0. The number of anilines is 2. The molecule has 1 saturated heterocycles. The zero-order valence-electron chi connectivity index (χ0n) is 20.7. The number of rotatable bonds is 8. The number of nitrogens with zero attached hydrogens (tertiary/aromatic N) is 4. The number of halogens is 3. The van der Waals surface area contributed by atoms with Crippen LogP contribution < -0.4 is 4.90 Å². The van der Waals surface area contributed by atoms with Gasteiger partial charge in [0.25, 0.3) is 5.91 Å². The zero-order valence-corrected chi connectivity index (χ0v) is 24.7. The Balaban J connectivity index is 1.53. The molecule has 38 heavy (non-hydrogen) atoms. The molecule has 0 saturated carbocycles. The van der Waals surface area contributed by atoms with Crippen LogP contribution in [0.1, 0.15) is 18.9 Å². The molecule has 202 valence electrons. The number of aromatic nitrogens is 2. The summed E-state index contributed by atoms with van der Waals surface area (Å²) in [5.74, 6) is -0.146. The van der Waals surface area contributed by atoms with Crippen LogP contribution in [-0.2, 0) is 31.3 Å². The summed E-state index contributed by atoms with van der Waals surface area (Å²) in [6.07, 6.45) is 2.09. The Morgan fingerprint density at radius 1 is 1.08 bits per heavy atom. The van der Waals surface area contributed by atoms with E-state index in [1.165, 1.54) is 11.1 Å². The van der Waals surface area contributed by atoms with Crippen molar-refractivity contribution in [1.82, 2.24) is 14.5 Å². The summed E-state index contributed by atoms with van der Waals surface area (Å²) in [6.45, 7) is 5.30. The quantitative estimate of drug-likeness (QED) is 0.341. The third kappa shape index (κ3) is 5.39. The molecular weight excluding hydrogens is 615 g/mol. The van der Waals surface area contributed by atoms with Crippen LogP contribution in [0.3, 0.4) is 0 Å². The van der Waals surface area contributed by atoms with Crippen molar-refractivity contribution < 1.29 is 17.9 Å². The molecule has 5 rings (SSSR count). The van der Waals surface area contributed by atoms with Gasteiger partial charge in [0.05, 0.1) is 30.9 Å². The van der Waals surface area contributed by atoms with Gasteiger partial charge in [0.15, 0.2) is 14.9 Å².